The molecule has 0 bridgehead atoms. The lowest BCUT2D eigenvalue weighted by molar-refractivity contribution is 0.143. The van der Waals surface area contributed by atoms with E-state index in [0.29, 0.717) is 10.2 Å². The molecule has 0 radical (unpaired) electrons. The maximum absolute atomic E-state index is 11.6. The summed E-state index contributed by atoms with van der Waals surface area (Å²) in [5, 5.41) is 15.8. The summed E-state index contributed by atoms with van der Waals surface area (Å²) in [7, 11) is 0. The van der Waals surface area contributed by atoms with Gasteiger partial charge in [0.15, 0.2) is 0 Å². The van der Waals surface area contributed by atoms with Gasteiger partial charge in [-0.1, -0.05) is 19.3 Å². The summed E-state index contributed by atoms with van der Waals surface area (Å²) in [6.45, 7) is 0. The molecule has 1 aromatic rings. The van der Waals surface area contributed by atoms with Gasteiger partial charge in [-0.15, -0.1) is 9.94 Å². The first kappa shape index (κ1) is 11.6. The number of amides is 2. The summed E-state index contributed by atoms with van der Waals surface area (Å²) in [6, 6.07) is 1.43. The second-order valence-electron chi connectivity index (χ2n) is 4.20. The zero-order valence-electron chi connectivity index (χ0n) is 9.54. The van der Waals surface area contributed by atoms with Crippen LogP contribution >= 0.6 is 0 Å². The van der Waals surface area contributed by atoms with E-state index in [2.05, 4.69) is 15.4 Å². The van der Waals surface area contributed by atoms with Gasteiger partial charge in [0.1, 0.15) is 0 Å². The molecule has 6 heteroatoms. The van der Waals surface area contributed by atoms with Gasteiger partial charge in [0.05, 0.1) is 17.8 Å². The van der Waals surface area contributed by atoms with Crippen molar-refractivity contribution in [2.75, 3.05) is 0 Å². The van der Waals surface area contributed by atoms with E-state index < -0.39 is 0 Å². The van der Waals surface area contributed by atoms with Crippen molar-refractivity contribution >= 4 is 6.03 Å². The number of carbonyl (C=O) groups excluding carboxylic acids is 1. The number of nitrogens with zero attached hydrogens (tertiary/aromatic N) is 3. The fraction of sp³-hybridized carbons (Fsp3) is 0.545. The highest BCUT2D eigenvalue weighted by atomic mass is 16.5. The minimum Gasteiger partial charge on any atom is -0.412 e. The minimum absolute atomic E-state index is 0.249. The Balaban J connectivity index is 1.96. The summed E-state index contributed by atoms with van der Waals surface area (Å²) < 4.78 is 0. The van der Waals surface area contributed by atoms with Gasteiger partial charge in [0.2, 0.25) is 0 Å². The number of hydrogen-bond donors (Lipinski definition) is 2. The molecule has 2 N–H and O–H groups in total. The van der Waals surface area contributed by atoms with E-state index in [-0.39, 0.29) is 12.1 Å². The Labute approximate surface area is 99.0 Å². The predicted molar refractivity (Wildman–Crippen MR) is 60.4 cm³/mol. The van der Waals surface area contributed by atoms with Crippen molar-refractivity contribution in [2.24, 2.45) is 4.99 Å². The van der Waals surface area contributed by atoms with Crippen LogP contribution in [0.3, 0.4) is 0 Å². The van der Waals surface area contributed by atoms with Gasteiger partial charge in [-0.3, -0.25) is 0 Å². The topological polar surface area (TPSA) is 79.5 Å². The van der Waals surface area contributed by atoms with Crippen molar-refractivity contribution in [2.45, 2.75) is 38.1 Å². The van der Waals surface area contributed by atoms with Crippen LogP contribution in [0, 0.1) is 0 Å². The van der Waals surface area contributed by atoms with E-state index in [1.54, 1.807) is 0 Å². The van der Waals surface area contributed by atoms with Crippen molar-refractivity contribution in [1.82, 2.24) is 15.3 Å². The molecule has 1 heterocycles. The minimum atomic E-state index is -0.339. The van der Waals surface area contributed by atoms with Crippen LogP contribution in [0.2, 0.25) is 0 Å². The number of carbonyl (C=O) groups is 1. The van der Waals surface area contributed by atoms with E-state index in [1.165, 1.54) is 37.7 Å². The molecule has 1 saturated carbocycles. The molecule has 17 heavy (non-hydrogen) atoms. The van der Waals surface area contributed by atoms with Crippen LogP contribution in [-0.4, -0.2) is 27.2 Å². The summed E-state index contributed by atoms with van der Waals surface area (Å²) in [4.78, 5) is 16.1. The number of aromatic nitrogens is 2. The molecule has 0 aromatic carbocycles. The predicted octanol–water partition coefficient (Wildman–Crippen LogP) is 1.06. The lowest BCUT2D eigenvalue weighted by atomic mass is 9.96. The van der Waals surface area contributed by atoms with E-state index in [9.17, 15) is 4.79 Å². The van der Waals surface area contributed by atoms with Crippen molar-refractivity contribution in [1.29, 1.82) is 0 Å². The van der Waals surface area contributed by atoms with Crippen LogP contribution in [0.15, 0.2) is 23.5 Å². The molecule has 1 aliphatic rings. The smallest absolute Gasteiger partial charge is 0.341 e. The van der Waals surface area contributed by atoms with Crippen LogP contribution in [0.4, 0.5) is 4.79 Å². The standard InChI is InChI=1S/C11H16N4O2/c16-11(13-9-4-2-1-3-5-9)14-10-6-7-15(17)12-8-10/h6-9,17H,1-5H2,(H,13,16). The number of nitrogens with one attached hydrogen (secondary N) is 1. The monoisotopic (exact) mass is 236 g/mol. The van der Waals surface area contributed by atoms with Gasteiger partial charge in [-0.05, 0) is 18.9 Å². The van der Waals surface area contributed by atoms with Crippen LogP contribution in [0.1, 0.15) is 32.1 Å². The number of hydrogen-bond acceptors (Lipinski definition) is 3. The van der Waals surface area contributed by atoms with Gasteiger partial charge in [-0.25, -0.2) is 4.79 Å². The van der Waals surface area contributed by atoms with E-state index in [0.717, 1.165) is 12.8 Å². The first-order valence-corrected chi connectivity index (χ1v) is 5.83. The fourth-order valence-electron chi connectivity index (χ4n) is 1.98. The third-order valence-electron chi connectivity index (χ3n) is 2.85. The maximum atomic E-state index is 11.6. The molecular formula is C11H16N4O2. The fourth-order valence-corrected chi connectivity index (χ4v) is 1.98. The number of rotatable bonds is 1. The molecule has 0 unspecified atom stereocenters. The maximum Gasteiger partial charge on any atom is 0.341 e. The van der Waals surface area contributed by atoms with E-state index >= 15 is 0 Å². The first-order valence-electron chi connectivity index (χ1n) is 5.83. The Morgan fingerprint density at radius 2 is 2.24 bits per heavy atom. The lowest BCUT2D eigenvalue weighted by Gasteiger charge is -2.21. The van der Waals surface area contributed by atoms with Crippen LogP contribution in [0.25, 0.3) is 0 Å². The molecule has 0 atom stereocenters. The Morgan fingerprint density at radius 3 is 2.88 bits per heavy atom. The molecule has 2 rings (SSSR count). The second-order valence-corrected chi connectivity index (χ2v) is 4.20. The molecule has 6 nitrogen and oxygen atoms in total. The molecule has 0 spiro atoms. The number of urea groups is 1. The van der Waals surface area contributed by atoms with Crippen molar-refractivity contribution in [3.63, 3.8) is 0 Å². The summed E-state index contributed by atoms with van der Waals surface area (Å²) in [5.41, 5.74) is 0. The Morgan fingerprint density at radius 1 is 1.47 bits per heavy atom. The molecule has 92 valence electrons. The third kappa shape index (κ3) is 3.58. The van der Waals surface area contributed by atoms with Gasteiger partial charge < -0.3 is 10.5 Å². The average Bonchev–Trinajstić information content (AvgIpc) is 2.33. The molecular weight excluding hydrogens is 220 g/mol. The molecule has 1 fully saturated rings. The quantitative estimate of drug-likeness (QED) is 0.715. The van der Waals surface area contributed by atoms with Crippen molar-refractivity contribution in [3.05, 3.63) is 23.8 Å². The Bertz CT molecular complexity index is 429. The van der Waals surface area contributed by atoms with Gasteiger partial charge >= 0.3 is 6.03 Å². The molecule has 1 aliphatic carbocycles. The van der Waals surface area contributed by atoms with Crippen molar-refractivity contribution in [3.8, 4) is 0 Å². The summed E-state index contributed by atoms with van der Waals surface area (Å²) >= 11 is 0. The second kappa shape index (κ2) is 5.47. The van der Waals surface area contributed by atoms with Crippen LogP contribution in [-0.2, 0) is 0 Å². The largest absolute Gasteiger partial charge is 0.412 e. The molecule has 2 amide bonds. The van der Waals surface area contributed by atoms with E-state index in [1.807, 2.05) is 0 Å². The van der Waals surface area contributed by atoms with E-state index in [4.69, 9.17) is 5.21 Å². The first-order chi connectivity index (χ1) is 8.24. The Hall–Kier alpha value is -1.85. The zero-order chi connectivity index (χ0) is 12.1. The van der Waals surface area contributed by atoms with Gasteiger partial charge in [-0.2, -0.15) is 4.99 Å². The molecule has 0 aliphatic heterocycles. The SMILES string of the molecule is O=C(N=c1ccn(O)nc1)NC1CCCCC1. The lowest BCUT2D eigenvalue weighted by Crippen LogP contribution is -2.35. The normalized spacial score (nSPS) is 18.0. The molecule has 1 aromatic heterocycles. The van der Waals surface area contributed by atoms with Gasteiger partial charge in [0, 0.05) is 6.04 Å². The highest BCUT2D eigenvalue weighted by Gasteiger charge is 2.14. The summed E-state index contributed by atoms with van der Waals surface area (Å²) in [5.74, 6) is 0. The zero-order valence-corrected chi connectivity index (χ0v) is 9.54. The highest BCUT2D eigenvalue weighted by Crippen LogP contribution is 2.17. The average molecular weight is 236 g/mol. The van der Waals surface area contributed by atoms with Crippen LogP contribution < -0.4 is 10.7 Å². The summed E-state index contributed by atoms with van der Waals surface area (Å²) in [6.07, 6.45) is 8.32. The molecule has 0 saturated heterocycles. The highest BCUT2D eigenvalue weighted by molar-refractivity contribution is 5.75. The van der Waals surface area contributed by atoms with Crippen LogP contribution in [0.5, 0.6) is 0 Å². The Kier molecular flexibility index (Phi) is 3.74. The third-order valence-corrected chi connectivity index (χ3v) is 2.85. The van der Waals surface area contributed by atoms with Gasteiger partial charge in [0.25, 0.3) is 0 Å². The van der Waals surface area contributed by atoms with Crippen molar-refractivity contribution < 1.29 is 10.0 Å².